The Morgan fingerprint density at radius 1 is 1.44 bits per heavy atom. The Bertz CT molecular complexity index is 441. The zero-order chi connectivity index (χ0) is 13.1. The number of thiophene rings is 1. The quantitative estimate of drug-likeness (QED) is 0.561. The first kappa shape index (κ1) is 13.4. The fourth-order valence-electron chi connectivity index (χ4n) is 2.05. The summed E-state index contributed by atoms with van der Waals surface area (Å²) in [6.07, 6.45) is 1.85. The van der Waals surface area contributed by atoms with Crippen molar-refractivity contribution in [3.63, 3.8) is 0 Å². The molecule has 1 unspecified atom stereocenters. The molecule has 1 aromatic rings. The Morgan fingerprint density at radius 2 is 2.22 bits per heavy atom. The van der Waals surface area contributed by atoms with Crippen LogP contribution in [0.3, 0.4) is 0 Å². The van der Waals surface area contributed by atoms with Crippen LogP contribution in [0.15, 0.2) is 34.2 Å². The summed E-state index contributed by atoms with van der Waals surface area (Å²) in [5, 5.41) is 31.0. The molecule has 4 nitrogen and oxygen atoms in total. The van der Waals surface area contributed by atoms with Gasteiger partial charge in [0.2, 0.25) is 0 Å². The molecule has 0 bridgehead atoms. The van der Waals surface area contributed by atoms with Gasteiger partial charge in [-0.3, -0.25) is 4.99 Å². The van der Waals surface area contributed by atoms with E-state index in [1.54, 1.807) is 30.6 Å². The number of nitrogens with zero attached hydrogens (tertiary/aromatic N) is 1. The number of aliphatic hydroxyl groups is 3. The maximum absolute atomic E-state index is 10.1. The minimum absolute atomic E-state index is 0.205. The van der Waals surface area contributed by atoms with Gasteiger partial charge in [0, 0.05) is 17.0 Å². The minimum Gasteiger partial charge on any atom is -0.392 e. The number of aliphatic imine (C=N–C) groups is 1. The summed E-state index contributed by atoms with van der Waals surface area (Å²) in [6.45, 7) is 1.55. The third-order valence-electron chi connectivity index (χ3n) is 3.25. The van der Waals surface area contributed by atoms with E-state index in [2.05, 4.69) is 4.99 Å². The lowest BCUT2D eigenvalue weighted by molar-refractivity contribution is 0.0179. The number of rotatable bonds is 3. The highest BCUT2D eigenvalue weighted by molar-refractivity contribution is 7.11. The van der Waals surface area contributed by atoms with Crippen LogP contribution in [0, 0.1) is 5.92 Å². The molecule has 1 heterocycles. The van der Waals surface area contributed by atoms with Crippen molar-refractivity contribution in [2.45, 2.75) is 25.2 Å². The summed E-state index contributed by atoms with van der Waals surface area (Å²) < 4.78 is 0. The van der Waals surface area contributed by atoms with Gasteiger partial charge >= 0.3 is 0 Å². The standard InChI is InChI=1S/C13H17NO3S/c1-8-12(16)9(7-15)5-11(13(8)17)14-6-10-3-2-4-18-10/h2-6,8,11-13,15-17H,7H2,1H3/t8?,11-,12-,13+/m0/s1. The molecule has 18 heavy (non-hydrogen) atoms. The maximum Gasteiger partial charge on any atom is 0.0947 e. The average Bonchev–Trinajstić information content (AvgIpc) is 2.88. The first-order chi connectivity index (χ1) is 8.63. The second-order valence-corrected chi connectivity index (χ2v) is 5.46. The third-order valence-corrected chi connectivity index (χ3v) is 4.06. The molecule has 0 fully saturated rings. The fraction of sp³-hybridized carbons (Fsp3) is 0.462. The predicted molar refractivity (Wildman–Crippen MR) is 72.0 cm³/mol. The van der Waals surface area contributed by atoms with E-state index in [0.717, 1.165) is 4.88 Å². The van der Waals surface area contributed by atoms with Gasteiger partial charge in [-0.1, -0.05) is 19.1 Å². The smallest absolute Gasteiger partial charge is 0.0947 e. The van der Waals surface area contributed by atoms with Gasteiger partial charge in [0.1, 0.15) is 0 Å². The van der Waals surface area contributed by atoms with Crippen LogP contribution in [-0.2, 0) is 0 Å². The lowest BCUT2D eigenvalue weighted by Crippen LogP contribution is -2.42. The largest absolute Gasteiger partial charge is 0.392 e. The lowest BCUT2D eigenvalue weighted by atomic mass is 9.82. The van der Waals surface area contributed by atoms with Crippen molar-refractivity contribution in [2.24, 2.45) is 10.9 Å². The molecule has 0 aliphatic heterocycles. The van der Waals surface area contributed by atoms with Crippen molar-refractivity contribution in [3.05, 3.63) is 34.0 Å². The number of aliphatic hydroxyl groups excluding tert-OH is 3. The monoisotopic (exact) mass is 267 g/mol. The number of hydrogen-bond acceptors (Lipinski definition) is 5. The average molecular weight is 267 g/mol. The molecule has 5 heteroatoms. The first-order valence-electron chi connectivity index (χ1n) is 5.87. The lowest BCUT2D eigenvalue weighted by Gasteiger charge is -2.33. The summed E-state index contributed by atoms with van der Waals surface area (Å²) in [7, 11) is 0. The minimum atomic E-state index is -0.793. The van der Waals surface area contributed by atoms with Gasteiger partial charge in [0.25, 0.3) is 0 Å². The fourth-order valence-corrected chi connectivity index (χ4v) is 2.65. The molecule has 0 aromatic carbocycles. The van der Waals surface area contributed by atoms with Gasteiger partial charge in [-0.05, 0) is 17.0 Å². The van der Waals surface area contributed by atoms with Crippen LogP contribution in [-0.4, -0.2) is 46.4 Å². The Hall–Kier alpha value is -1.01. The Morgan fingerprint density at radius 3 is 2.83 bits per heavy atom. The zero-order valence-corrected chi connectivity index (χ0v) is 10.9. The van der Waals surface area contributed by atoms with Crippen molar-refractivity contribution in [1.29, 1.82) is 0 Å². The molecule has 0 saturated carbocycles. The van der Waals surface area contributed by atoms with Crippen molar-refractivity contribution < 1.29 is 15.3 Å². The van der Waals surface area contributed by atoms with Crippen LogP contribution in [0.25, 0.3) is 0 Å². The summed E-state index contributed by atoms with van der Waals surface area (Å²) >= 11 is 1.57. The predicted octanol–water partition coefficient (Wildman–Crippen LogP) is 0.826. The zero-order valence-electron chi connectivity index (χ0n) is 10.1. The second kappa shape index (κ2) is 5.75. The van der Waals surface area contributed by atoms with Gasteiger partial charge in [-0.2, -0.15) is 0 Å². The molecule has 1 aliphatic rings. The molecule has 1 aliphatic carbocycles. The molecule has 0 radical (unpaired) electrons. The molecular formula is C13H17NO3S. The van der Waals surface area contributed by atoms with Crippen molar-refractivity contribution >= 4 is 17.6 Å². The second-order valence-electron chi connectivity index (χ2n) is 4.48. The summed E-state index contributed by atoms with van der Waals surface area (Å²) in [5.41, 5.74) is 0.529. The molecule has 0 amide bonds. The SMILES string of the molecule is CC1[C@H](O)C(CO)=C[C@H](N=Cc2cccs2)[C@@H]1O. The van der Waals surface area contributed by atoms with Crippen LogP contribution >= 0.6 is 11.3 Å². The normalized spacial score (nSPS) is 32.8. The van der Waals surface area contributed by atoms with E-state index in [1.165, 1.54) is 0 Å². The van der Waals surface area contributed by atoms with Gasteiger partial charge in [-0.25, -0.2) is 0 Å². The van der Waals surface area contributed by atoms with E-state index in [-0.39, 0.29) is 12.5 Å². The first-order valence-corrected chi connectivity index (χ1v) is 6.75. The van der Waals surface area contributed by atoms with Crippen LogP contribution in [0.5, 0.6) is 0 Å². The molecule has 98 valence electrons. The van der Waals surface area contributed by atoms with Gasteiger partial charge in [0.15, 0.2) is 0 Å². The highest BCUT2D eigenvalue weighted by atomic mass is 32.1. The maximum atomic E-state index is 10.1. The molecule has 0 spiro atoms. The van der Waals surface area contributed by atoms with E-state index in [9.17, 15) is 15.3 Å². The summed E-state index contributed by atoms with van der Waals surface area (Å²) in [4.78, 5) is 5.34. The van der Waals surface area contributed by atoms with E-state index in [4.69, 9.17) is 0 Å². The van der Waals surface area contributed by atoms with Crippen LogP contribution in [0.2, 0.25) is 0 Å². The molecule has 4 atom stereocenters. The topological polar surface area (TPSA) is 73.0 Å². The molecule has 0 saturated heterocycles. The van der Waals surface area contributed by atoms with Crippen LogP contribution < -0.4 is 0 Å². The highest BCUT2D eigenvalue weighted by Gasteiger charge is 2.34. The Kier molecular flexibility index (Phi) is 4.29. The molecule has 3 N–H and O–H groups in total. The van der Waals surface area contributed by atoms with Gasteiger partial charge < -0.3 is 15.3 Å². The van der Waals surface area contributed by atoms with E-state index < -0.39 is 18.2 Å². The van der Waals surface area contributed by atoms with Gasteiger partial charge in [-0.15, -0.1) is 11.3 Å². The van der Waals surface area contributed by atoms with Crippen molar-refractivity contribution in [1.82, 2.24) is 0 Å². The van der Waals surface area contributed by atoms with Crippen LogP contribution in [0.4, 0.5) is 0 Å². The summed E-state index contributed by atoms with van der Waals surface area (Å²) in [6, 6.07) is 3.47. The van der Waals surface area contributed by atoms with Crippen molar-refractivity contribution in [3.8, 4) is 0 Å². The number of hydrogen-bond donors (Lipinski definition) is 3. The Balaban J connectivity index is 2.18. The molecular weight excluding hydrogens is 250 g/mol. The Labute approximate surface area is 110 Å². The third kappa shape index (κ3) is 2.70. The van der Waals surface area contributed by atoms with Crippen molar-refractivity contribution in [2.75, 3.05) is 6.61 Å². The van der Waals surface area contributed by atoms with Crippen LogP contribution in [0.1, 0.15) is 11.8 Å². The van der Waals surface area contributed by atoms with E-state index in [0.29, 0.717) is 5.57 Å². The van der Waals surface area contributed by atoms with Gasteiger partial charge in [0.05, 0.1) is 24.9 Å². The van der Waals surface area contributed by atoms with E-state index in [1.807, 2.05) is 17.5 Å². The highest BCUT2D eigenvalue weighted by Crippen LogP contribution is 2.26. The molecule has 2 rings (SSSR count). The summed E-state index contributed by atoms with van der Waals surface area (Å²) in [5.74, 6) is -0.331. The van der Waals surface area contributed by atoms with E-state index >= 15 is 0 Å². The molecule has 1 aromatic heterocycles.